The van der Waals surface area contributed by atoms with E-state index in [0.29, 0.717) is 23.7 Å². The number of furan rings is 1. The van der Waals surface area contributed by atoms with E-state index in [4.69, 9.17) is 14.4 Å². The first kappa shape index (κ1) is 33.1. The van der Waals surface area contributed by atoms with E-state index in [9.17, 15) is 0 Å². The van der Waals surface area contributed by atoms with Crippen molar-refractivity contribution in [1.82, 2.24) is 5.32 Å². The molecule has 0 amide bonds. The number of hydrogen-bond acceptors (Lipinski definition) is 4. The molecule has 4 heteroatoms. The highest BCUT2D eigenvalue weighted by Gasteiger charge is 2.50. The quantitative estimate of drug-likeness (QED) is 0.277. The van der Waals surface area contributed by atoms with Crippen molar-refractivity contribution < 1.29 is 4.42 Å². The molecule has 1 saturated carbocycles. The number of aryl methyl sites for hydroxylation is 2. The number of hydrogen-bond donors (Lipinski definition) is 1. The Balaban J connectivity index is 1.13. The lowest BCUT2D eigenvalue weighted by Gasteiger charge is -2.38. The SMILES string of the molecule is CC1=C(C2c3oc4c(C5N=C6c7ccccc7C(C)C6C(C6=CC(C)CCC(C)C6)N5)cc(C)cc4c3CCC2N=C2C=CCCC2)C2CC2CC1. The van der Waals surface area contributed by atoms with Crippen LogP contribution in [0.3, 0.4) is 0 Å². The summed E-state index contributed by atoms with van der Waals surface area (Å²) in [4.78, 5) is 11.3. The first-order valence-electron chi connectivity index (χ1n) is 20.9. The van der Waals surface area contributed by atoms with Crippen molar-refractivity contribution >= 4 is 22.4 Å². The van der Waals surface area contributed by atoms with E-state index in [1.165, 1.54) is 95.3 Å². The normalized spacial score (nSPS) is 36.1. The summed E-state index contributed by atoms with van der Waals surface area (Å²) < 4.78 is 7.42. The molecule has 0 bridgehead atoms. The lowest BCUT2D eigenvalue weighted by Crippen LogP contribution is -2.47. The molecule has 1 aliphatic heterocycles. The smallest absolute Gasteiger partial charge is 0.141 e. The molecule has 7 aliphatic rings. The topological polar surface area (TPSA) is 49.9 Å². The van der Waals surface area contributed by atoms with E-state index < -0.39 is 0 Å². The fourth-order valence-electron chi connectivity index (χ4n) is 11.7. The Morgan fingerprint density at radius 3 is 2.69 bits per heavy atom. The standard InChI is InChI=1S/C48H57N3O/c1-26-15-16-27(2)22-32(21-26)44-42-30(5)34-13-9-10-14-35(34)45(42)51-48(50-44)39-24-28(3)23-38-36-19-20-40(49-33-11-7-6-8-12-33)43(47(36)52-46(38)39)41-29(4)17-18-31-25-37(31)41/h7,9-11,13-14,21,23-24,26-27,30-31,37,40,42-44,48,50H,6,8,12,15-20,22,25H2,1-5H3. The number of nitrogens with zero attached hydrogens (tertiary/aromatic N) is 2. The summed E-state index contributed by atoms with van der Waals surface area (Å²) in [6, 6.07) is 14.4. The highest BCUT2D eigenvalue weighted by Crippen LogP contribution is 2.59. The number of benzene rings is 2. The molecule has 270 valence electrons. The third kappa shape index (κ3) is 5.48. The first-order valence-corrected chi connectivity index (χ1v) is 20.9. The zero-order valence-corrected chi connectivity index (χ0v) is 32.1. The fraction of sp³-hybridized carbons (Fsp3) is 0.542. The summed E-state index contributed by atoms with van der Waals surface area (Å²) in [6.07, 6.45) is 20.4. The second-order valence-electron chi connectivity index (χ2n) is 18.1. The van der Waals surface area contributed by atoms with Crippen LogP contribution in [0.4, 0.5) is 0 Å². The lowest BCUT2D eigenvalue weighted by atomic mass is 9.73. The van der Waals surface area contributed by atoms with Crippen LogP contribution in [0.5, 0.6) is 0 Å². The van der Waals surface area contributed by atoms with E-state index in [1.807, 2.05) is 0 Å². The molecule has 2 aromatic carbocycles. The molecule has 6 aliphatic carbocycles. The van der Waals surface area contributed by atoms with E-state index in [-0.39, 0.29) is 24.2 Å². The van der Waals surface area contributed by atoms with Crippen molar-refractivity contribution in [3.05, 3.63) is 105 Å². The molecule has 10 rings (SSSR count). The van der Waals surface area contributed by atoms with Crippen LogP contribution in [0.25, 0.3) is 11.0 Å². The number of fused-ring (bicyclic) bond motifs is 7. The number of aliphatic imine (C=N–C) groups is 2. The van der Waals surface area contributed by atoms with E-state index in [2.05, 4.69) is 94.6 Å². The minimum Gasteiger partial charge on any atom is -0.460 e. The van der Waals surface area contributed by atoms with Crippen LogP contribution in [0, 0.1) is 36.5 Å². The first-order chi connectivity index (χ1) is 25.3. The second kappa shape index (κ2) is 12.8. The molecule has 0 radical (unpaired) electrons. The summed E-state index contributed by atoms with van der Waals surface area (Å²) in [6.45, 7) is 12.0. The van der Waals surface area contributed by atoms with Crippen LogP contribution in [0.15, 0.2) is 85.7 Å². The predicted octanol–water partition coefficient (Wildman–Crippen LogP) is 11.6. The summed E-state index contributed by atoms with van der Waals surface area (Å²) in [5.41, 5.74) is 15.3. The third-order valence-electron chi connectivity index (χ3n) is 14.4. The zero-order valence-electron chi connectivity index (χ0n) is 32.1. The summed E-state index contributed by atoms with van der Waals surface area (Å²) in [5, 5.41) is 5.57. The van der Waals surface area contributed by atoms with Gasteiger partial charge in [-0.05, 0) is 149 Å². The minimum absolute atomic E-state index is 0.162. The zero-order chi connectivity index (χ0) is 35.2. The van der Waals surface area contributed by atoms with Crippen molar-refractivity contribution in [2.45, 2.75) is 135 Å². The van der Waals surface area contributed by atoms with Crippen LogP contribution < -0.4 is 5.32 Å². The second-order valence-corrected chi connectivity index (χ2v) is 18.1. The van der Waals surface area contributed by atoms with E-state index in [1.54, 1.807) is 16.7 Å². The highest BCUT2D eigenvalue weighted by atomic mass is 16.3. The van der Waals surface area contributed by atoms with E-state index in [0.717, 1.165) is 43.1 Å². The van der Waals surface area contributed by atoms with Crippen LogP contribution >= 0.6 is 0 Å². The summed E-state index contributed by atoms with van der Waals surface area (Å²) in [5.74, 6) is 5.10. The third-order valence-corrected chi connectivity index (χ3v) is 14.4. The van der Waals surface area contributed by atoms with Gasteiger partial charge in [-0.15, -0.1) is 0 Å². The van der Waals surface area contributed by atoms with Gasteiger partial charge in [-0.1, -0.05) is 73.9 Å². The number of rotatable bonds is 4. The maximum Gasteiger partial charge on any atom is 0.141 e. The molecule has 1 N–H and O–H groups in total. The molecular weight excluding hydrogens is 635 g/mol. The van der Waals surface area contributed by atoms with Crippen LogP contribution in [0.1, 0.15) is 143 Å². The average molecular weight is 692 g/mol. The van der Waals surface area contributed by atoms with Crippen LogP contribution in [-0.4, -0.2) is 23.5 Å². The van der Waals surface area contributed by atoms with Gasteiger partial charge in [0.2, 0.25) is 0 Å². The molecule has 0 spiro atoms. The Bertz CT molecular complexity index is 2090. The lowest BCUT2D eigenvalue weighted by molar-refractivity contribution is 0.354. The highest BCUT2D eigenvalue weighted by molar-refractivity contribution is 6.08. The van der Waals surface area contributed by atoms with Gasteiger partial charge in [0.15, 0.2) is 0 Å². The molecule has 52 heavy (non-hydrogen) atoms. The van der Waals surface area contributed by atoms with Crippen molar-refractivity contribution in [3.8, 4) is 0 Å². The molecule has 3 aromatic rings. The molecule has 10 atom stereocenters. The van der Waals surface area contributed by atoms with Gasteiger partial charge in [-0.2, -0.15) is 0 Å². The maximum atomic E-state index is 7.42. The van der Waals surface area contributed by atoms with Gasteiger partial charge in [0.05, 0.1) is 17.7 Å². The average Bonchev–Trinajstić information content (AvgIpc) is 3.81. The van der Waals surface area contributed by atoms with Gasteiger partial charge in [0.1, 0.15) is 17.5 Å². The van der Waals surface area contributed by atoms with Gasteiger partial charge in [-0.25, -0.2) is 0 Å². The van der Waals surface area contributed by atoms with Gasteiger partial charge in [-0.3, -0.25) is 15.3 Å². The molecule has 2 heterocycles. The van der Waals surface area contributed by atoms with Gasteiger partial charge in [0.25, 0.3) is 0 Å². The molecule has 1 aromatic heterocycles. The maximum absolute atomic E-state index is 7.42. The van der Waals surface area contributed by atoms with Crippen molar-refractivity contribution in [2.75, 3.05) is 0 Å². The number of nitrogens with one attached hydrogen (secondary N) is 1. The molecule has 10 unspecified atom stereocenters. The fourth-order valence-corrected chi connectivity index (χ4v) is 11.7. The molecule has 1 fully saturated rings. The van der Waals surface area contributed by atoms with Gasteiger partial charge in [0, 0.05) is 34.2 Å². The molecule has 0 saturated heterocycles. The monoisotopic (exact) mass is 691 g/mol. The summed E-state index contributed by atoms with van der Waals surface area (Å²) >= 11 is 0. The molecular formula is C48H57N3O. The predicted molar refractivity (Wildman–Crippen MR) is 215 cm³/mol. The van der Waals surface area contributed by atoms with Crippen LogP contribution in [0.2, 0.25) is 0 Å². The Labute approximate surface area is 311 Å². The Morgan fingerprint density at radius 1 is 0.942 bits per heavy atom. The Hall–Kier alpha value is -3.50. The summed E-state index contributed by atoms with van der Waals surface area (Å²) in [7, 11) is 0. The largest absolute Gasteiger partial charge is 0.460 e. The van der Waals surface area contributed by atoms with Gasteiger partial charge < -0.3 is 4.42 Å². The Kier molecular flexibility index (Phi) is 8.16. The van der Waals surface area contributed by atoms with Gasteiger partial charge >= 0.3 is 0 Å². The molecule has 4 nitrogen and oxygen atoms in total. The van der Waals surface area contributed by atoms with Crippen molar-refractivity contribution in [1.29, 1.82) is 0 Å². The number of allylic oxidation sites excluding steroid dienone is 4. The van der Waals surface area contributed by atoms with Crippen molar-refractivity contribution in [3.63, 3.8) is 0 Å². The van der Waals surface area contributed by atoms with Crippen LogP contribution in [-0.2, 0) is 6.42 Å². The van der Waals surface area contributed by atoms with E-state index >= 15 is 0 Å². The Morgan fingerprint density at radius 2 is 1.83 bits per heavy atom. The minimum atomic E-state index is -0.162. The van der Waals surface area contributed by atoms with Crippen molar-refractivity contribution in [2.24, 2.45) is 39.6 Å².